The normalized spacial score (nSPS) is 15.4. The summed E-state index contributed by atoms with van der Waals surface area (Å²) in [5, 5.41) is 0. The molecule has 8 heteroatoms. The van der Waals surface area contributed by atoms with E-state index >= 15 is 0 Å². The predicted molar refractivity (Wildman–Crippen MR) is 98.6 cm³/mol. The van der Waals surface area contributed by atoms with E-state index < -0.39 is 35.8 Å². The van der Waals surface area contributed by atoms with Gasteiger partial charge in [0.1, 0.15) is 0 Å². The van der Waals surface area contributed by atoms with Gasteiger partial charge in [-0.05, 0) is 0 Å². The van der Waals surface area contributed by atoms with Gasteiger partial charge in [-0.15, -0.1) is 0 Å². The van der Waals surface area contributed by atoms with Crippen LogP contribution in [0.25, 0.3) is 0 Å². The second-order valence-corrected chi connectivity index (χ2v) is 17.6. The molecule has 1 rings (SSSR count). The molecule has 0 atom stereocenters. The summed E-state index contributed by atoms with van der Waals surface area (Å²) in [6, 6.07) is 0. The number of nitrogens with one attached hydrogen (secondary N) is 3. The average Bonchev–Trinajstić information content (AvgIpc) is 3.05. The molecule has 0 aromatic heterocycles. The standard InChI is InChI=1S/C5H4F3Ge.3C4H10N.Zr/c6-9(7,8)5-3-1-2-4-5;3*1-2-3-4-5;/h1,3H,2H2;3*5H,2-4H2,1H3;/q;3*-1;+3. The molecule has 0 aromatic rings. The minimum atomic E-state index is -6.35. The van der Waals surface area contributed by atoms with E-state index in [2.05, 4.69) is 30.6 Å². The Morgan fingerprint density at radius 2 is 1.32 bits per heavy atom. The second-order valence-electron chi connectivity index (χ2n) is 6.59. The van der Waals surface area contributed by atoms with Gasteiger partial charge in [-0.3, -0.25) is 0 Å². The Hall–Kier alpha value is 0.576. The van der Waals surface area contributed by atoms with Crippen molar-refractivity contribution >= 4 is 14.7 Å². The third kappa shape index (κ3) is 7.61. The molecule has 0 bridgehead atoms. The van der Waals surface area contributed by atoms with Crippen LogP contribution in [0.3, 0.4) is 0 Å². The Balaban J connectivity index is 3.14. The molecule has 3 nitrogen and oxygen atoms in total. The van der Waals surface area contributed by atoms with Gasteiger partial charge in [0.15, 0.2) is 0 Å². The van der Waals surface area contributed by atoms with E-state index in [1.165, 1.54) is 6.08 Å². The first-order valence-electron chi connectivity index (χ1n) is 9.63. The summed E-state index contributed by atoms with van der Waals surface area (Å²) in [6.07, 6.45) is 9.62. The number of hydrogen-bond acceptors (Lipinski definition) is 3. The van der Waals surface area contributed by atoms with E-state index in [0.29, 0.717) is 9.70 Å². The zero-order valence-electron chi connectivity index (χ0n) is 15.9. The molecule has 0 spiro atoms. The molecule has 0 saturated carbocycles. The summed E-state index contributed by atoms with van der Waals surface area (Å²) in [7, 11) is 0. The van der Waals surface area contributed by atoms with Gasteiger partial charge in [-0.1, -0.05) is 0 Å². The molecule has 0 fully saturated rings. The van der Waals surface area contributed by atoms with Crippen LogP contribution in [-0.4, -0.2) is 34.3 Å². The van der Waals surface area contributed by atoms with Crippen molar-refractivity contribution < 1.29 is 31.6 Å². The second kappa shape index (κ2) is 12.1. The van der Waals surface area contributed by atoms with Crippen molar-refractivity contribution in [1.29, 1.82) is 0 Å². The van der Waals surface area contributed by atoms with Crippen molar-refractivity contribution in [2.24, 2.45) is 0 Å². The van der Waals surface area contributed by atoms with E-state index in [4.69, 9.17) is 0 Å². The number of rotatable bonds is 14. The SMILES string of the molecule is CCCC[NH][Zr]([NH]CCCC)([NH]CCCC)[C]1=[C]([Ge]([F])([F])[F])C=CC1. The van der Waals surface area contributed by atoms with E-state index in [0.717, 1.165) is 58.2 Å². The van der Waals surface area contributed by atoms with Crippen LogP contribution in [0.15, 0.2) is 19.8 Å². The summed E-state index contributed by atoms with van der Waals surface area (Å²) >= 11 is -10.0. The fourth-order valence-corrected chi connectivity index (χ4v) is 17.5. The van der Waals surface area contributed by atoms with Crippen LogP contribution in [0, 0.1) is 0 Å². The van der Waals surface area contributed by atoms with Crippen LogP contribution >= 0.6 is 0 Å². The van der Waals surface area contributed by atoms with Gasteiger partial charge in [0.2, 0.25) is 0 Å². The third-order valence-electron chi connectivity index (χ3n) is 4.45. The third-order valence-corrected chi connectivity index (χ3v) is 17.1. The average molecular weight is 501 g/mol. The van der Waals surface area contributed by atoms with Crippen LogP contribution in [0.5, 0.6) is 0 Å². The summed E-state index contributed by atoms with van der Waals surface area (Å²) in [4.78, 5) is 0. The molecule has 0 saturated heterocycles. The van der Waals surface area contributed by atoms with Crippen molar-refractivity contribution in [1.82, 2.24) is 9.78 Å². The molecule has 3 N–H and O–H groups in total. The van der Waals surface area contributed by atoms with Crippen molar-refractivity contribution in [3.63, 3.8) is 0 Å². The Bertz CT molecular complexity index is 426. The van der Waals surface area contributed by atoms with E-state index in [1.807, 2.05) is 0 Å². The zero-order valence-corrected chi connectivity index (χ0v) is 20.4. The molecule has 1 aliphatic rings. The molecule has 0 aliphatic heterocycles. The molecule has 0 unspecified atom stereocenters. The van der Waals surface area contributed by atoms with Crippen molar-refractivity contribution in [3.8, 4) is 0 Å². The first kappa shape index (κ1) is 23.6. The summed E-state index contributed by atoms with van der Waals surface area (Å²) in [5.41, 5.74) is 0. The molecular weight excluding hydrogens is 467 g/mol. The summed E-state index contributed by atoms with van der Waals surface area (Å²) in [5.74, 6) is 0. The Labute approximate surface area is 160 Å². The van der Waals surface area contributed by atoms with Gasteiger partial charge in [0.05, 0.1) is 0 Å². The van der Waals surface area contributed by atoms with Crippen LogP contribution in [0.1, 0.15) is 65.7 Å². The molecule has 0 amide bonds. The molecule has 0 radical (unpaired) electrons. The number of allylic oxidation sites excluding steroid dienone is 4. The van der Waals surface area contributed by atoms with Crippen LogP contribution in [0.2, 0.25) is 0 Å². The Morgan fingerprint density at radius 3 is 1.68 bits per heavy atom. The van der Waals surface area contributed by atoms with E-state index in [1.54, 1.807) is 6.08 Å². The maximum absolute atomic E-state index is 13.7. The van der Waals surface area contributed by atoms with Gasteiger partial charge >= 0.3 is 161 Å². The number of hydrogen-bond donors (Lipinski definition) is 3. The fraction of sp³-hybridized carbons (Fsp3) is 0.765. The topological polar surface area (TPSA) is 36.1 Å². The molecule has 0 heterocycles. The van der Waals surface area contributed by atoms with Gasteiger partial charge < -0.3 is 0 Å². The molecule has 146 valence electrons. The van der Waals surface area contributed by atoms with Crippen molar-refractivity contribution in [2.45, 2.75) is 65.7 Å². The van der Waals surface area contributed by atoms with Crippen molar-refractivity contribution in [2.75, 3.05) is 19.6 Å². The molecule has 25 heavy (non-hydrogen) atoms. The number of halogens is 3. The minimum absolute atomic E-state index is 0.243. The Kier molecular flexibility index (Phi) is 11.4. The molecule has 1 aliphatic carbocycles. The van der Waals surface area contributed by atoms with Crippen LogP contribution < -0.4 is 9.78 Å². The van der Waals surface area contributed by atoms with Crippen molar-refractivity contribution in [3.05, 3.63) is 19.8 Å². The van der Waals surface area contributed by atoms with Gasteiger partial charge in [-0.25, -0.2) is 0 Å². The van der Waals surface area contributed by atoms with Gasteiger partial charge in [-0.2, -0.15) is 0 Å². The quantitative estimate of drug-likeness (QED) is 0.240. The monoisotopic (exact) mass is 501 g/mol. The van der Waals surface area contributed by atoms with Gasteiger partial charge in [0.25, 0.3) is 0 Å². The van der Waals surface area contributed by atoms with Crippen LogP contribution in [0.4, 0.5) is 10.5 Å². The van der Waals surface area contributed by atoms with Gasteiger partial charge in [0, 0.05) is 0 Å². The fourth-order valence-electron chi connectivity index (χ4n) is 2.99. The molecule has 0 aromatic carbocycles. The number of unbranched alkanes of at least 4 members (excludes halogenated alkanes) is 3. The maximum atomic E-state index is 13.7. The molecular formula is C17H34F3GeN3Zr. The zero-order chi connectivity index (χ0) is 18.8. The van der Waals surface area contributed by atoms with E-state index in [9.17, 15) is 10.5 Å². The van der Waals surface area contributed by atoms with Crippen LogP contribution in [-0.2, 0) is 21.1 Å². The first-order chi connectivity index (χ1) is 11.9. The Morgan fingerprint density at radius 1 is 0.880 bits per heavy atom. The predicted octanol–water partition coefficient (Wildman–Crippen LogP) is 4.66. The van der Waals surface area contributed by atoms with E-state index in [-0.39, 0.29) is 4.41 Å². The summed E-state index contributed by atoms with van der Waals surface area (Å²) < 4.78 is 52.5. The first-order valence-corrected chi connectivity index (χ1v) is 18.0. The summed E-state index contributed by atoms with van der Waals surface area (Å²) in [6.45, 7) is 8.69.